The first kappa shape index (κ1) is 13.1. The van der Waals surface area contributed by atoms with E-state index in [0.717, 1.165) is 52.6 Å². The van der Waals surface area contributed by atoms with Crippen molar-refractivity contribution in [2.75, 3.05) is 5.73 Å². The molecule has 0 saturated heterocycles. The second-order valence-corrected chi connectivity index (χ2v) is 6.03. The third-order valence-corrected chi connectivity index (χ3v) is 4.13. The van der Waals surface area contributed by atoms with Crippen LogP contribution in [0.25, 0.3) is 11.0 Å². The first-order chi connectivity index (χ1) is 9.67. The molecule has 0 aliphatic carbocycles. The summed E-state index contributed by atoms with van der Waals surface area (Å²) in [6.07, 6.45) is 2.05. The maximum Gasteiger partial charge on any atom is 0.110 e. The number of rotatable bonds is 4. The van der Waals surface area contributed by atoms with Crippen LogP contribution in [0.2, 0.25) is 0 Å². The number of benzene rings is 1. The lowest BCUT2D eigenvalue weighted by Crippen LogP contribution is -2.05. The summed E-state index contributed by atoms with van der Waals surface area (Å²) < 4.78 is 2.26. The predicted octanol–water partition coefficient (Wildman–Crippen LogP) is 3.38. The molecule has 0 bridgehead atoms. The zero-order valence-corrected chi connectivity index (χ0v) is 12.6. The number of hydrogen-bond donors (Lipinski definition) is 1. The van der Waals surface area contributed by atoms with Crippen molar-refractivity contribution in [3.63, 3.8) is 0 Å². The van der Waals surface area contributed by atoms with Crippen molar-refractivity contribution in [2.24, 2.45) is 0 Å². The minimum Gasteiger partial charge on any atom is -0.399 e. The van der Waals surface area contributed by atoms with Gasteiger partial charge < -0.3 is 10.3 Å². The van der Waals surface area contributed by atoms with Gasteiger partial charge in [-0.05, 0) is 31.5 Å². The van der Waals surface area contributed by atoms with Crippen LogP contribution in [0.3, 0.4) is 0 Å². The van der Waals surface area contributed by atoms with Crippen molar-refractivity contribution in [3.05, 3.63) is 40.1 Å². The fourth-order valence-electron chi connectivity index (χ4n) is 2.43. The highest BCUT2D eigenvalue weighted by Gasteiger charge is 2.12. The fourth-order valence-corrected chi connectivity index (χ4v) is 3.03. The minimum atomic E-state index is 0.759. The zero-order chi connectivity index (χ0) is 14.1. The summed E-state index contributed by atoms with van der Waals surface area (Å²) in [7, 11) is 0. The number of nitrogens with two attached hydrogens (primary N) is 1. The third-order valence-electron chi connectivity index (χ3n) is 3.31. The van der Waals surface area contributed by atoms with Crippen LogP contribution in [-0.2, 0) is 13.0 Å². The van der Waals surface area contributed by atoms with Gasteiger partial charge in [-0.2, -0.15) is 0 Å². The van der Waals surface area contributed by atoms with E-state index in [0.29, 0.717) is 0 Å². The molecule has 2 aromatic heterocycles. The van der Waals surface area contributed by atoms with Gasteiger partial charge in [0.1, 0.15) is 5.82 Å². The van der Waals surface area contributed by atoms with E-state index in [-0.39, 0.29) is 0 Å². The van der Waals surface area contributed by atoms with Crippen LogP contribution in [-0.4, -0.2) is 14.5 Å². The number of fused-ring (bicyclic) bond motifs is 1. The molecule has 3 rings (SSSR count). The van der Waals surface area contributed by atoms with E-state index in [2.05, 4.69) is 27.9 Å². The van der Waals surface area contributed by atoms with Crippen molar-refractivity contribution in [1.82, 2.24) is 14.5 Å². The maximum atomic E-state index is 5.85. The summed E-state index contributed by atoms with van der Waals surface area (Å²) in [5, 5.41) is 3.22. The summed E-state index contributed by atoms with van der Waals surface area (Å²) in [6.45, 7) is 4.99. The van der Waals surface area contributed by atoms with Gasteiger partial charge in [-0.15, -0.1) is 11.3 Å². The highest BCUT2D eigenvalue weighted by Crippen LogP contribution is 2.22. The van der Waals surface area contributed by atoms with Crippen molar-refractivity contribution >= 4 is 28.1 Å². The number of nitrogen functional groups attached to an aromatic ring is 1. The molecule has 0 aliphatic heterocycles. The summed E-state index contributed by atoms with van der Waals surface area (Å²) >= 11 is 1.69. The molecule has 5 heteroatoms. The molecule has 0 radical (unpaired) electrons. The Labute approximate surface area is 122 Å². The normalized spacial score (nSPS) is 11.3. The number of anilines is 1. The van der Waals surface area contributed by atoms with Crippen LogP contribution in [0.1, 0.15) is 29.9 Å². The zero-order valence-electron chi connectivity index (χ0n) is 11.8. The van der Waals surface area contributed by atoms with Crippen LogP contribution in [0.4, 0.5) is 5.69 Å². The van der Waals surface area contributed by atoms with Crippen LogP contribution < -0.4 is 5.73 Å². The van der Waals surface area contributed by atoms with Gasteiger partial charge in [0.25, 0.3) is 0 Å². The predicted molar refractivity (Wildman–Crippen MR) is 84.1 cm³/mol. The quantitative estimate of drug-likeness (QED) is 0.748. The monoisotopic (exact) mass is 286 g/mol. The molecule has 0 aliphatic rings. The van der Waals surface area contributed by atoms with E-state index in [1.54, 1.807) is 11.3 Å². The first-order valence-electron chi connectivity index (χ1n) is 6.83. The number of aryl methyl sites for hydroxylation is 2. The van der Waals surface area contributed by atoms with E-state index in [1.807, 2.05) is 19.1 Å². The molecular formula is C15H18N4S. The molecule has 0 saturated carbocycles. The van der Waals surface area contributed by atoms with Gasteiger partial charge in [-0.25, -0.2) is 9.97 Å². The lowest BCUT2D eigenvalue weighted by atomic mass is 10.3. The van der Waals surface area contributed by atoms with Crippen LogP contribution in [0, 0.1) is 6.92 Å². The van der Waals surface area contributed by atoms with E-state index in [1.165, 1.54) is 0 Å². The van der Waals surface area contributed by atoms with Gasteiger partial charge in [0.15, 0.2) is 0 Å². The molecular weight excluding hydrogens is 268 g/mol. The van der Waals surface area contributed by atoms with E-state index in [4.69, 9.17) is 10.7 Å². The minimum absolute atomic E-state index is 0.759. The van der Waals surface area contributed by atoms with Crippen LogP contribution in [0.5, 0.6) is 0 Å². The topological polar surface area (TPSA) is 56.7 Å². The van der Waals surface area contributed by atoms with Crippen molar-refractivity contribution in [3.8, 4) is 0 Å². The summed E-state index contributed by atoms with van der Waals surface area (Å²) in [4.78, 5) is 9.28. The van der Waals surface area contributed by atoms with Crippen LogP contribution >= 0.6 is 11.3 Å². The third kappa shape index (κ3) is 2.41. The highest BCUT2D eigenvalue weighted by atomic mass is 32.1. The molecule has 0 spiro atoms. The summed E-state index contributed by atoms with van der Waals surface area (Å²) in [6, 6.07) is 5.93. The SMILES string of the molecule is CCCc1nc2cc(N)ccc2n1Cc1csc(C)n1. The average Bonchev–Trinajstić information content (AvgIpc) is 2.95. The molecule has 2 N–H and O–H groups in total. The molecule has 0 fully saturated rings. The highest BCUT2D eigenvalue weighted by molar-refractivity contribution is 7.09. The Morgan fingerprint density at radius 2 is 2.15 bits per heavy atom. The summed E-state index contributed by atoms with van der Waals surface area (Å²) in [5.41, 5.74) is 9.82. The molecule has 104 valence electrons. The smallest absolute Gasteiger partial charge is 0.110 e. The average molecular weight is 286 g/mol. The van der Waals surface area contributed by atoms with E-state index in [9.17, 15) is 0 Å². The van der Waals surface area contributed by atoms with Gasteiger partial charge in [-0.3, -0.25) is 0 Å². The Kier molecular flexibility index (Phi) is 3.44. The lowest BCUT2D eigenvalue weighted by molar-refractivity contribution is 0.711. The van der Waals surface area contributed by atoms with Gasteiger partial charge in [0, 0.05) is 17.5 Å². The van der Waals surface area contributed by atoms with Crippen LogP contribution in [0.15, 0.2) is 23.6 Å². The van der Waals surface area contributed by atoms with Gasteiger partial charge in [-0.1, -0.05) is 6.92 Å². The van der Waals surface area contributed by atoms with Gasteiger partial charge in [0.05, 0.1) is 28.3 Å². The fraction of sp³-hybridized carbons (Fsp3) is 0.333. The molecule has 2 heterocycles. The first-order valence-corrected chi connectivity index (χ1v) is 7.71. The summed E-state index contributed by atoms with van der Waals surface area (Å²) in [5.74, 6) is 1.11. The van der Waals surface area contributed by atoms with Crippen molar-refractivity contribution in [1.29, 1.82) is 0 Å². The van der Waals surface area contributed by atoms with E-state index < -0.39 is 0 Å². The Morgan fingerprint density at radius 3 is 2.85 bits per heavy atom. The van der Waals surface area contributed by atoms with Gasteiger partial charge in [0.2, 0.25) is 0 Å². The molecule has 0 amide bonds. The Morgan fingerprint density at radius 1 is 1.30 bits per heavy atom. The Bertz CT molecular complexity index is 741. The number of aromatic nitrogens is 3. The molecule has 4 nitrogen and oxygen atoms in total. The second kappa shape index (κ2) is 5.25. The number of nitrogens with zero attached hydrogens (tertiary/aromatic N) is 3. The molecule has 1 aromatic carbocycles. The molecule has 0 atom stereocenters. The van der Waals surface area contributed by atoms with Crippen molar-refractivity contribution < 1.29 is 0 Å². The molecule has 20 heavy (non-hydrogen) atoms. The number of hydrogen-bond acceptors (Lipinski definition) is 4. The lowest BCUT2D eigenvalue weighted by Gasteiger charge is -2.06. The maximum absolute atomic E-state index is 5.85. The molecule has 0 unspecified atom stereocenters. The largest absolute Gasteiger partial charge is 0.399 e. The number of imidazole rings is 1. The van der Waals surface area contributed by atoms with Gasteiger partial charge >= 0.3 is 0 Å². The number of thiazole rings is 1. The van der Waals surface area contributed by atoms with Crippen molar-refractivity contribution in [2.45, 2.75) is 33.2 Å². The van der Waals surface area contributed by atoms with E-state index >= 15 is 0 Å². The Balaban J connectivity index is 2.08. The Hall–Kier alpha value is -1.88. The second-order valence-electron chi connectivity index (χ2n) is 4.97. The standard InChI is InChI=1S/C15H18N4S/c1-3-4-15-18-13-7-11(16)5-6-14(13)19(15)8-12-9-20-10(2)17-12/h5-7,9H,3-4,8,16H2,1-2H3. The molecule has 3 aromatic rings.